The zero-order valence-electron chi connectivity index (χ0n) is 11.6. The standard InChI is InChI=1S/C15H14F2N2O2/c1-9(2)21-15-12(7-4-8-18-15)19-14(20)10-5-3-6-11(16)13(10)17/h3-9H,1-2H3,(H,19,20). The summed E-state index contributed by atoms with van der Waals surface area (Å²) in [7, 11) is 0. The molecule has 0 aliphatic rings. The van der Waals surface area contributed by atoms with Crippen molar-refractivity contribution in [2.45, 2.75) is 20.0 Å². The van der Waals surface area contributed by atoms with E-state index in [1.54, 1.807) is 12.1 Å². The number of aromatic nitrogens is 1. The van der Waals surface area contributed by atoms with E-state index in [0.29, 0.717) is 5.69 Å². The van der Waals surface area contributed by atoms with Crippen molar-refractivity contribution >= 4 is 11.6 Å². The average molecular weight is 292 g/mol. The molecular weight excluding hydrogens is 278 g/mol. The van der Waals surface area contributed by atoms with Gasteiger partial charge < -0.3 is 10.1 Å². The second-order valence-corrected chi connectivity index (χ2v) is 4.58. The van der Waals surface area contributed by atoms with Crippen LogP contribution < -0.4 is 10.1 Å². The summed E-state index contributed by atoms with van der Waals surface area (Å²) in [6.45, 7) is 3.62. The zero-order chi connectivity index (χ0) is 15.4. The lowest BCUT2D eigenvalue weighted by atomic mass is 10.2. The number of benzene rings is 1. The third-order valence-corrected chi connectivity index (χ3v) is 2.56. The minimum atomic E-state index is -1.19. The Bertz CT molecular complexity index is 660. The predicted octanol–water partition coefficient (Wildman–Crippen LogP) is 3.40. The third-order valence-electron chi connectivity index (χ3n) is 2.56. The molecule has 0 radical (unpaired) electrons. The number of nitrogens with one attached hydrogen (secondary N) is 1. The molecule has 1 amide bonds. The summed E-state index contributed by atoms with van der Waals surface area (Å²) < 4.78 is 32.2. The molecule has 0 aliphatic carbocycles. The fourth-order valence-electron chi connectivity index (χ4n) is 1.67. The van der Waals surface area contributed by atoms with E-state index in [-0.39, 0.29) is 17.5 Å². The third kappa shape index (κ3) is 3.53. The summed E-state index contributed by atoms with van der Waals surface area (Å²) >= 11 is 0. The van der Waals surface area contributed by atoms with Crippen LogP contribution in [0.25, 0.3) is 0 Å². The summed E-state index contributed by atoms with van der Waals surface area (Å²) in [5.41, 5.74) is -0.0887. The molecule has 0 unspecified atom stereocenters. The number of nitrogens with zero attached hydrogens (tertiary/aromatic N) is 1. The number of rotatable bonds is 4. The van der Waals surface area contributed by atoms with Gasteiger partial charge in [-0.3, -0.25) is 4.79 Å². The number of hydrogen-bond acceptors (Lipinski definition) is 3. The van der Waals surface area contributed by atoms with Crippen molar-refractivity contribution in [3.05, 3.63) is 53.7 Å². The van der Waals surface area contributed by atoms with Crippen LogP contribution in [-0.2, 0) is 0 Å². The SMILES string of the molecule is CC(C)Oc1ncccc1NC(=O)c1cccc(F)c1F. The van der Waals surface area contributed by atoms with E-state index in [1.807, 2.05) is 13.8 Å². The van der Waals surface area contributed by atoms with E-state index < -0.39 is 17.5 Å². The first-order valence-corrected chi connectivity index (χ1v) is 6.36. The Kier molecular flexibility index (Phi) is 4.47. The van der Waals surface area contributed by atoms with Crippen molar-refractivity contribution in [2.75, 3.05) is 5.32 Å². The number of pyridine rings is 1. The van der Waals surface area contributed by atoms with Gasteiger partial charge in [-0.2, -0.15) is 0 Å². The molecule has 110 valence electrons. The van der Waals surface area contributed by atoms with Gasteiger partial charge in [0.2, 0.25) is 5.88 Å². The van der Waals surface area contributed by atoms with Crippen LogP contribution in [0.2, 0.25) is 0 Å². The molecule has 6 heteroatoms. The monoisotopic (exact) mass is 292 g/mol. The van der Waals surface area contributed by atoms with E-state index in [9.17, 15) is 13.6 Å². The first-order valence-electron chi connectivity index (χ1n) is 6.36. The lowest BCUT2D eigenvalue weighted by Crippen LogP contribution is -2.16. The van der Waals surface area contributed by atoms with Crippen molar-refractivity contribution in [1.29, 1.82) is 0 Å². The van der Waals surface area contributed by atoms with Gasteiger partial charge in [0, 0.05) is 6.20 Å². The van der Waals surface area contributed by atoms with Gasteiger partial charge in [0.1, 0.15) is 5.69 Å². The summed E-state index contributed by atoms with van der Waals surface area (Å²) in [4.78, 5) is 16.0. The van der Waals surface area contributed by atoms with Gasteiger partial charge in [0.15, 0.2) is 11.6 Å². The van der Waals surface area contributed by atoms with Gasteiger partial charge in [-0.05, 0) is 38.1 Å². The van der Waals surface area contributed by atoms with Crippen molar-refractivity contribution in [3.8, 4) is 5.88 Å². The molecule has 0 saturated heterocycles. The maximum Gasteiger partial charge on any atom is 0.258 e. The van der Waals surface area contributed by atoms with Crippen LogP contribution in [-0.4, -0.2) is 17.0 Å². The van der Waals surface area contributed by atoms with Gasteiger partial charge in [-0.1, -0.05) is 6.07 Å². The number of halogens is 2. The molecule has 1 heterocycles. The van der Waals surface area contributed by atoms with Crippen molar-refractivity contribution < 1.29 is 18.3 Å². The molecule has 1 aromatic carbocycles. The molecule has 0 saturated carbocycles. The van der Waals surface area contributed by atoms with Crippen molar-refractivity contribution in [2.24, 2.45) is 0 Å². The summed E-state index contributed by atoms with van der Waals surface area (Å²) in [5, 5.41) is 2.47. The minimum absolute atomic E-state index is 0.138. The Morgan fingerprint density at radius 2 is 2.00 bits per heavy atom. The maximum absolute atomic E-state index is 13.6. The highest BCUT2D eigenvalue weighted by atomic mass is 19.2. The summed E-state index contributed by atoms with van der Waals surface area (Å²) in [5.74, 6) is -2.82. The lowest BCUT2D eigenvalue weighted by molar-refractivity contribution is 0.102. The summed E-state index contributed by atoms with van der Waals surface area (Å²) in [6, 6.07) is 6.59. The van der Waals surface area contributed by atoms with E-state index >= 15 is 0 Å². The van der Waals surface area contributed by atoms with Crippen LogP contribution in [0.1, 0.15) is 24.2 Å². The lowest BCUT2D eigenvalue weighted by Gasteiger charge is -2.13. The molecule has 0 spiro atoms. The molecule has 4 nitrogen and oxygen atoms in total. The van der Waals surface area contributed by atoms with E-state index in [4.69, 9.17) is 4.74 Å². The number of carbonyl (C=O) groups is 1. The topological polar surface area (TPSA) is 51.2 Å². The molecule has 2 aromatic rings. The van der Waals surface area contributed by atoms with E-state index in [0.717, 1.165) is 6.07 Å². The van der Waals surface area contributed by atoms with Crippen LogP contribution in [0.4, 0.5) is 14.5 Å². The minimum Gasteiger partial charge on any atom is -0.473 e. The normalized spacial score (nSPS) is 10.5. The highest BCUT2D eigenvalue weighted by Crippen LogP contribution is 2.23. The highest BCUT2D eigenvalue weighted by molar-refractivity contribution is 6.05. The number of anilines is 1. The number of amides is 1. The number of hydrogen-bond donors (Lipinski definition) is 1. The Balaban J connectivity index is 2.26. The van der Waals surface area contributed by atoms with Crippen LogP contribution in [0.3, 0.4) is 0 Å². The van der Waals surface area contributed by atoms with Gasteiger partial charge in [-0.25, -0.2) is 13.8 Å². The number of carbonyl (C=O) groups excluding carboxylic acids is 1. The molecule has 1 N–H and O–H groups in total. The molecule has 2 rings (SSSR count). The van der Waals surface area contributed by atoms with Gasteiger partial charge in [-0.15, -0.1) is 0 Å². The fraction of sp³-hybridized carbons (Fsp3) is 0.200. The van der Waals surface area contributed by atoms with Crippen molar-refractivity contribution in [3.63, 3.8) is 0 Å². The Hall–Kier alpha value is -2.50. The van der Waals surface area contributed by atoms with Crippen LogP contribution in [0, 0.1) is 11.6 Å². The second-order valence-electron chi connectivity index (χ2n) is 4.58. The molecule has 0 atom stereocenters. The molecular formula is C15H14F2N2O2. The smallest absolute Gasteiger partial charge is 0.258 e. The van der Waals surface area contributed by atoms with Crippen LogP contribution in [0.15, 0.2) is 36.5 Å². The van der Waals surface area contributed by atoms with Crippen LogP contribution in [0.5, 0.6) is 5.88 Å². The first kappa shape index (κ1) is 14.9. The highest BCUT2D eigenvalue weighted by Gasteiger charge is 2.17. The zero-order valence-corrected chi connectivity index (χ0v) is 11.6. The molecule has 0 bridgehead atoms. The van der Waals surface area contributed by atoms with Crippen molar-refractivity contribution in [1.82, 2.24) is 4.98 Å². The van der Waals surface area contributed by atoms with Gasteiger partial charge >= 0.3 is 0 Å². The maximum atomic E-state index is 13.6. The van der Waals surface area contributed by atoms with Gasteiger partial charge in [0.05, 0.1) is 11.7 Å². The second kappa shape index (κ2) is 6.30. The Labute approximate surface area is 120 Å². The quantitative estimate of drug-likeness (QED) is 0.939. The Morgan fingerprint density at radius 3 is 2.71 bits per heavy atom. The first-order chi connectivity index (χ1) is 9.99. The van der Waals surface area contributed by atoms with Crippen LogP contribution >= 0.6 is 0 Å². The van der Waals surface area contributed by atoms with Gasteiger partial charge in [0.25, 0.3) is 5.91 Å². The number of ether oxygens (including phenoxy) is 1. The molecule has 21 heavy (non-hydrogen) atoms. The predicted molar refractivity (Wildman–Crippen MR) is 74.3 cm³/mol. The Morgan fingerprint density at radius 1 is 1.24 bits per heavy atom. The summed E-state index contributed by atoms with van der Waals surface area (Å²) in [6.07, 6.45) is 1.37. The molecule has 0 aliphatic heterocycles. The fourth-order valence-corrected chi connectivity index (χ4v) is 1.67. The molecule has 1 aromatic heterocycles. The largest absolute Gasteiger partial charge is 0.473 e. The van der Waals surface area contributed by atoms with E-state index in [1.165, 1.54) is 18.3 Å². The average Bonchev–Trinajstić information content (AvgIpc) is 2.43. The molecule has 0 fully saturated rings. The van der Waals surface area contributed by atoms with E-state index in [2.05, 4.69) is 10.3 Å².